The third-order valence-electron chi connectivity index (χ3n) is 1.96. The number of aromatic amines is 1. The van der Waals surface area contributed by atoms with Crippen LogP contribution < -0.4 is 11.3 Å². The summed E-state index contributed by atoms with van der Waals surface area (Å²) in [5, 5.41) is 9.50. The Kier molecular flexibility index (Phi) is 2.90. The maximum absolute atomic E-state index is 11.5. The summed E-state index contributed by atoms with van der Waals surface area (Å²) >= 11 is 0. The fourth-order valence-corrected chi connectivity index (χ4v) is 1.22. The Balaban J connectivity index is 3.33. The summed E-state index contributed by atoms with van der Waals surface area (Å²) in [5.74, 6) is 0.0151. The summed E-state index contributed by atoms with van der Waals surface area (Å²) in [7, 11) is 0. The lowest BCUT2D eigenvalue weighted by atomic mass is 10.1. The predicted octanol–water partition coefficient (Wildman–Crippen LogP) is 0.619. The van der Waals surface area contributed by atoms with Crippen LogP contribution >= 0.6 is 0 Å². The number of nitrogens with two attached hydrogens (primary N) is 1. The van der Waals surface area contributed by atoms with E-state index in [1.165, 1.54) is 0 Å². The van der Waals surface area contributed by atoms with E-state index in [1.807, 2.05) is 13.8 Å². The van der Waals surface area contributed by atoms with Crippen molar-refractivity contribution in [1.82, 2.24) is 9.97 Å². The van der Waals surface area contributed by atoms with Crippen LogP contribution in [0.25, 0.3) is 0 Å². The number of nitrogens with one attached hydrogen (secondary N) is 1. The molecule has 0 saturated heterocycles. The summed E-state index contributed by atoms with van der Waals surface area (Å²) in [5.41, 5.74) is 5.51. The molecule has 0 aliphatic heterocycles. The second-order valence-corrected chi connectivity index (χ2v) is 3.63. The zero-order valence-electron chi connectivity index (χ0n) is 8.53. The second kappa shape index (κ2) is 3.79. The van der Waals surface area contributed by atoms with Gasteiger partial charge < -0.3 is 15.8 Å². The Morgan fingerprint density at radius 1 is 1.43 bits per heavy atom. The first-order chi connectivity index (χ1) is 6.43. The molecule has 78 valence electrons. The number of aromatic nitrogens is 2. The summed E-state index contributed by atoms with van der Waals surface area (Å²) in [4.78, 5) is 17.9. The monoisotopic (exact) mass is 197 g/mol. The van der Waals surface area contributed by atoms with Crippen LogP contribution in [0.4, 0.5) is 0 Å². The molecule has 5 nitrogen and oxygen atoms in total. The standard InChI is InChI=1S/C9H15N3O2/c1-4(2)6-8(13)11-7(5(3)10)12-9(6)14/h4-5H,10H2,1-3H3,(H2,11,12,13,14). The van der Waals surface area contributed by atoms with Crippen LogP contribution in [0.2, 0.25) is 0 Å². The van der Waals surface area contributed by atoms with Crippen molar-refractivity contribution >= 4 is 0 Å². The minimum atomic E-state index is -0.394. The van der Waals surface area contributed by atoms with E-state index < -0.39 is 6.04 Å². The van der Waals surface area contributed by atoms with Gasteiger partial charge in [0.1, 0.15) is 5.82 Å². The maximum atomic E-state index is 11.5. The van der Waals surface area contributed by atoms with E-state index in [-0.39, 0.29) is 17.4 Å². The van der Waals surface area contributed by atoms with E-state index in [1.54, 1.807) is 6.92 Å². The van der Waals surface area contributed by atoms with E-state index in [2.05, 4.69) is 9.97 Å². The molecule has 0 bridgehead atoms. The summed E-state index contributed by atoms with van der Waals surface area (Å²) in [6, 6.07) is -0.394. The van der Waals surface area contributed by atoms with Crippen molar-refractivity contribution in [2.24, 2.45) is 5.73 Å². The molecule has 1 rings (SSSR count). The van der Waals surface area contributed by atoms with E-state index in [9.17, 15) is 9.90 Å². The van der Waals surface area contributed by atoms with Gasteiger partial charge in [0.15, 0.2) is 0 Å². The highest BCUT2D eigenvalue weighted by molar-refractivity contribution is 5.25. The third-order valence-corrected chi connectivity index (χ3v) is 1.96. The largest absolute Gasteiger partial charge is 0.493 e. The zero-order valence-corrected chi connectivity index (χ0v) is 8.53. The Morgan fingerprint density at radius 3 is 2.36 bits per heavy atom. The number of hydrogen-bond donors (Lipinski definition) is 3. The highest BCUT2D eigenvalue weighted by Crippen LogP contribution is 2.19. The average molecular weight is 197 g/mol. The van der Waals surface area contributed by atoms with Crippen molar-refractivity contribution in [3.8, 4) is 5.88 Å². The van der Waals surface area contributed by atoms with Crippen LogP contribution in [0.1, 0.15) is 44.1 Å². The topological polar surface area (TPSA) is 92.0 Å². The van der Waals surface area contributed by atoms with E-state index in [0.29, 0.717) is 11.4 Å². The first-order valence-corrected chi connectivity index (χ1v) is 4.52. The van der Waals surface area contributed by atoms with Crippen molar-refractivity contribution in [1.29, 1.82) is 0 Å². The van der Waals surface area contributed by atoms with Crippen LogP contribution in [-0.2, 0) is 0 Å². The normalized spacial score (nSPS) is 13.2. The summed E-state index contributed by atoms with van der Waals surface area (Å²) in [6.45, 7) is 5.32. The van der Waals surface area contributed by atoms with Gasteiger partial charge >= 0.3 is 0 Å². The average Bonchev–Trinajstić information content (AvgIpc) is 2.01. The molecule has 0 saturated carbocycles. The quantitative estimate of drug-likeness (QED) is 0.648. The highest BCUT2D eigenvalue weighted by atomic mass is 16.3. The Morgan fingerprint density at radius 2 is 2.00 bits per heavy atom. The zero-order chi connectivity index (χ0) is 10.9. The van der Waals surface area contributed by atoms with Crippen LogP contribution in [0, 0.1) is 0 Å². The summed E-state index contributed by atoms with van der Waals surface area (Å²) in [6.07, 6.45) is 0. The number of hydrogen-bond acceptors (Lipinski definition) is 4. The van der Waals surface area contributed by atoms with Gasteiger partial charge in [-0.05, 0) is 12.8 Å². The fourth-order valence-electron chi connectivity index (χ4n) is 1.22. The maximum Gasteiger partial charge on any atom is 0.258 e. The molecular weight excluding hydrogens is 182 g/mol. The first-order valence-electron chi connectivity index (χ1n) is 4.52. The molecular formula is C9H15N3O2. The first kappa shape index (κ1) is 10.7. The van der Waals surface area contributed by atoms with Crippen molar-refractivity contribution in [2.75, 3.05) is 0 Å². The lowest BCUT2D eigenvalue weighted by Gasteiger charge is -2.09. The van der Waals surface area contributed by atoms with E-state index in [4.69, 9.17) is 5.73 Å². The molecule has 1 atom stereocenters. The molecule has 1 unspecified atom stereocenters. The Hall–Kier alpha value is -1.36. The van der Waals surface area contributed by atoms with Crippen LogP contribution in [-0.4, -0.2) is 15.1 Å². The lowest BCUT2D eigenvalue weighted by Crippen LogP contribution is -2.21. The van der Waals surface area contributed by atoms with Gasteiger partial charge in [0, 0.05) is 0 Å². The molecule has 4 N–H and O–H groups in total. The third kappa shape index (κ3) is 1.93. The van der Waals surface area contributed by atoms with Gasteiger partial charge in [0.05, 0.1) is 11.6 Å². The number of nitrogens with zero attached hydrogens (tertiary/aromatic N) is 1. The molecule has 0 spiro atoms. The van der Waals surface area contributed by atoms with Crippen LogP contribution in [0.5, 0.6) is 5.88 Å². The molecule has 1 aromatic heterocycles. The molecule has 1 aromatic rings. The van der Waals surface area contributed by atoms with Crippen LogP contribution in [0.15, 0.2) is 4.79 Å². The minimum Gasteiger partial charge on any atom is -0.493 e. The van der Waals surface area contributed by atoms with Gasteiger partial charge in [-0.2, -0.15) is 4.98 Å². The van der Waals surface area contributed by atoms with Gasteiger partial charge in [-0.3, -0.25) is 4.79 Å². The van der Waals surface area contributed by atoms with Gasteiger partial charge in [-0.25, -0.2) is 0 Å². The van der Waals surface area contributed by atoms with E-state index >= 15 is 0 Å². The lowest BCUT2D eigenvalue weighted by molar-refractivity contribution is 0.433. The predicted molar refractivity (Wildman–Crippen MR) is 53.2 cm³/mol. The van der Waals surface area contributed by atoms with E-state index in [0.717, 1.165) is 0 Å². The number of aromatic hydroxyl groups is 1. The molecule has 0 aliphatic carbocycles. The molecule has 0 radical (unpaired) electrons. The second-order valence-electron chi connectivity index (χ2n) is 3.63. The smallest absolute Gasteiger partial charge is 0.258 e. The molecule has 0 amide bonds. The Labute approximate surface area is 82.0 Å². The highest BCUT2D eigenvalue weighted by Gasteiger charge is 2.15. The molecule has 0 aliphatic rings. The fraction of sp³-hybridized carbons (Fsp3) is 0.556. The SMILES string of the molecule is CC(C)c1c(O)nc(C(C)N)[nH]c1=O. The van der Waals surface area contributed by atoms with Crippen molar-refractivity contribution < 1.29 is 5.11 Å². The Bertz CT molecular complexity index is 382. The van der Waals surface area contributed by atoms with Gasteiger partial charge in [-0.15, -0.1) is 0 Å². The molecule has 5 heteroatoms. The van der Waals surface area contributed by atoms with Gasteiger partial charge in [0.2, 0.25) is 5.88 Å². The minimum absolute atomic E-state index is 0.0617. The molecule has 0 aromatic carbocycles. The molecule has 1 heterocycles. The van der Waals surface area contributed by atoms with Gasteiger partial charge in [0.25, 0.3) is 5.56 Å². The summed E-state index contributed by atoms with van der Waals surface area (Å²) < 4.78 is 0. The molecule has 14 heavy (non-hydrogen) atoms. The van der Waals surface area contributed by atoms with Crippen molar-refractivity contribution in [2.45, 2.75) is 32.7 Å². The number of H-pyrrole nitrogens is 1. The van der Waals surface area contributed by atoms with Gasteiger partial charge in [-0.1, -0.05) is 13.8 Å². The van der Waals surface area contributed by atoms with Crippen molar-refractivity contribution in [3.05, 3.63) is 21.7 Å². The number of rotatable bonds is 2. The van der Waals surface area contributed by atoms with Crippen molar-refractivity contribution in [3.63, 3.8) is 0 Å². The van der Waals surface area contributed by atoms with Crippen LogP contribution in [0.3, 0.4) is 0 Å². The molecule has 0 fully saturated rings.